The number of ether oxygens (including phenoxy) is 1. The molecule has 0 N–H and O–H groups in total. The molecule has 4 nitrogen and oxygen atoms in total. The summed E-state index contributed by atoms with van der Waals surface area (Å²) >= 11 is 4.95. The van der Waals surface area contributed by atoms with Crippen molar-refractivity contribution in [3.63, 3.8) is 0 Å². The SMILES string of the molecule is CCOC(=O)c1c(C)nc([S-])c(C#N)c1C. The van der Waals surface area contributed by atoms with E-state index in [1.54, 1.807) is 20.8 Å². The van der Waals surface area contributed by atoms with Crippen molar-refractivity contribution < 1.29 is 9.53 Å². The summed E-state index contributed by atoms with van der Waals surface area (Å²) in [5, 5.41) is 9.14. The number of rotatable bonds is 2. The quantitative estimate of drug-likeness (QED) is 0.576. The van der Waals surface area contributed by atoms with E-state index in [2.05, 4.69) is 4.98 Å². The van der Waals surface area contributed by atoms with Crippen molar-refractivity contribution in [1.82, 2.24) is 4.98 Å². The van der Waals surface area contributed by atoms with Crippen LogP contribution in [0.15, 0.2) is 5.03 Å². The van der Waals surface area contributed by atoms with Crippen LogP contribution < -0.4 is 0 Å². The first kappa shape index (κ1) is 12.4. The van der Waals surface area contributed by atoms with E-state index in [0.717, 1.165) is 0 Å². The Morgan fingerprint density at radius 1 is 1.56 bits per heavy atom. The van der Waals surface area contributed by atoms with Crippen molar-refractivity contribution in [2.75, 3.05) is 6.61 Å². The number of esters is 1. The van der Waals surface area contributed by atoms with Gasteiger partial charge >= 0.3 is 5.97 Å². The fourth-order valence-corrected chi connectivity index (χ4v) is 1.79. The molecule has 0 bridgehead atoms. The standard InChI is InChI=1S/C11H12N2O2S/c1-4-15-11(14)9-6(2)8(5-12)10(16)13-7(9)3/h4H2,1-3H3,(H,13,16)/p-1. The Bertz CT molecular complexity index is 478. The monoisotopic (exact) mass is 235 g/mol. The van der Waals surface area contributed by atoms with E-state index in [0.29, 0.717) is 16.8 Å². The zero-order chi connectivity index (χ0) is 12.3. The molecule has 0 amide bonds. The minimum absolute atomic E-state index is 0.227. The van der Waals surface area contributed by atoms with Crippen LogP contribution in [-0.4, -0.2) is 17.6 Å². The van der Waals surface area contributed by atoms with Crippen LogP contribution in [0, 0.1) is 25.2 Å². The smallest absolute Gasteiger partial charge is 0.340 e. The van der Waals surface area contributed by atoms with Gasteiger partial charge in [-0.1, -0.05) is 5.03 Å². The summed E-state index contributed by atoms with van der Waals surface area (Å²) in [7, 11) is 0. The van der Waals surface area contributed by atoms with Crippen LogP contribution in [0.4, 0.5) is 0 Å². The van der Waals surface area contributed by atoms with E-state index < -0.39 is 5.97 Å². The Kier molecular flexibility index (Phi) is 3.80. The number of hydrogen-bond donors (Lipinski definition) is 0. The summed E-state index contributed by atoms with van der Waals surface area (Å²) in [6.45, 7) is 5.36. The summed E-state index contributed by atoms with van der Waals surface area (Å²) in [5.74, 6) is -0.462. The molecule has 0 aromatic carbocycles. The van der Waals surface area contributed by atoms with E-state index in [1.165, 1.54) is 0 Å². The van der Waals surface area contributed by atoms with E-state index in [4.69, 9.17) is 22.6 Å². The molecule has 0 fully saturated rings. The maximum atomic E-state index is 11.7. The van der Waals surface area contributed by atoms with Gasteiger partial charge in [-0.05, 0) is 26.3 Å². The molecule has 16 heavy (non-hydrogen) atoms. The van der Waals surface area contributed by atoms with Gasteiger partial charge in [-0.15, -0.1) is 0 Å². The van der Waals surface area contributed by atoms with Crippen molar-refractivity contribution in [1.29, 1.82) is 5.26 Å². The molecule has 0 aliphatic rings. The van der Waals surface area contributed by atoms with Crippen molar-refractivity contribution in [3.8, 4) is 6.07 Å². The van der Waals surface area contributed by atoms with Gasteiger partial charge in [0.15, 0.2) is 0 Å². The molecule has 1 rings (SSSR count). The van der Waals surface area contributed by atoms with Gasteiger partial charge in [0, 0.05) is 0 Å². The number of pyridine rings is 1. The molecule has 5 heteroatoms. The number of carbonyl (C=O) groups excluding carboxylic acids is 1. The maximum absolute atomic E-state index is 11.7. The first-order valence-electron chi connectivity index (χ1n) is 4.78. The van der Waals surface area contributed by atoms with Gasteiger partial charge in [0.05, 0.1) is 29.5 Å². The molecule has 0 spiro atoms. The van der Waals surface area contributed by atoms with Gasteiger partial charge in [-0.3, -0.25) is 4.98 Å². The fourth-order valence-electron chi connectivity index (χ4n) is 1.46. The summed E-state index contributed by atoms with van der Waals surface area (Å²) in [6, 6.07) is 1.95. The van der Waals surface area contributed by atoms with Crippen LogP contribution in [0.2, 0.25) is 0 Å². The second-order valence-electron chi connectivity index (χ2n) is 3.21. The first-order chi connectivity index (χ1) is 7.52. The number of carbonyl (C=O) groups is 1. The third kappa shape index (κ3) is 2.12. The van der Waals surface area contributed by atoms with Crippen molar-refractivity contribution in [3.05, 3.63) is 22.4 Å². The third-order valence-electron chi connectivity index (χ3n) is 2.19. The van der Waals surface area contributed by atoms with Crippen LogP contribution in [0.1, 0.15) is 34.1 Å². The molecule has 0 unspecified atom stereocenters. The molecule has 1 aromatic rings. The molecule has 0 aliphatic carbocycles. The molecule has 0 saturated carbocycles. The number of nitriles is 1. The summed E-state index contributed by atoms with van der Waals surface area (Å²) < 4.78 is 4.91. The molecule has 1 aromatic heterocycles. The molecule has 84 valence electrons. The largest absolute Gasteiger partial charge is 0.759 e. The highest BCUT2D eigenvalue weighted by molar-refractivity contribution is 7.58. The summed E-state index contributed by atoms with van der Waals surface area (Å²) in [5.41, 5.74) is 1.65. The van der Waals surface area contributed by atoms with Gasteiger partial charge < -0.3 is 17.4 Å². The Balaban J connectivity index is 3.41. The topological polar surface area (TPSA) is 63.0 Å². The minimum atomic E-state index is -0.462. The second-order valence-corrected chi connectivity index (χ2v) is 3.60. The third-order valence-corrected chi connectivity index (χ3v) is 2.48. The number of aryl methyl sites for hydroxylation is 1. The van der Waals surface area contributed by atoms with Crippen LogP contribution in [-0.2, 0) is 17.4 Å². The summed E-state index contributed by atoms with van der Waals surface area (Å²) in [6.07, 6.45) is 0. The predicted octanol–water partition coefficient (Wildman–Crippen LogP) is 1.65. The zero-order valence-electron chi connectivity index (χ0n) is 9.33. The first-order valence-corrected chi connectivity index (χ1v) is 5.19. The van der Waals surface area contributed by atoms with Crippen LogP contribution in [0.3, 0.4) is 0 Å². The van der Waals surface area contributed by atoms with Gasteiger partial charge in [0.2, 0.25) is 0 Å². The van der Waals surface area contributed by atoms with Crippen molar-refractivity contribution in [2.24, 2.45) is 0 Å². The Labute approximate surface area is 99.7 Å². The lowest BCUT2D eigenvalue weighted by molar-refractivity contribution is 0.0524. The molecular formula is C11H11N2O2S-. The molecule has 0 saturated heterocycles. The highest BCUT2D eigenvalue weighted by Gasteiger charge is 2.17. The number of aromatic nitrogens is 1. The molecule has 1 heterocycles. The van der Waals surface area contributed by atoms with Crippen LogP contribution in [0.5, 0.6) is 0 Å². The van der Waals surface area contributed by atoms with Gasteiger partial charge in [0.1, 0.15) is 0 Å². The molecule has 0 radical (unpaired) electrons. The average molecular weight is 235 g/mol. The Morgan fingerprint density at radius 2 is 2.19 bits per heavy atom. The van der Waals surface area contributed by atoms with Gasteiger partial charge in [-0.25, -0.2) is 4.79 Å². The fraction of sp³-hybridized carbons (Fsp3) is 0.364. The Hall–Kier alpha value is -1.67. The van der Waals surface area contributed by atoms with Gasteiger partial charge in [0.25, 0.3) is 0 Å². The predicted molar refractivity (Wildman–Crippen MR) is 60.0 cm³/mol. The van der Waals surface area contributed by atoms with E-state index >= 15 is 0 Å². The van der Waals surface area contributed by atoms with Crippen LogP contribution >= 0.6 is 0 Å². The highest BCUT2D eigenvalue weighted by Crippen LogP contribution is 2.19. The lowest BCUT2D eigenvalue weighted by Gasteiger charge is -2.15. The van der Waals surface area contributed by atoms with E-state index in [9.17, 15) is 4.79 Å². The number of hydrogen-bond acceptors (Lipinski definition) is 5. The van der Waals surface area contributed by atoms with E-state index in [-0.39, 0.29) is 17.2 Å². The lowest BCUT2D eigenvalue weighted by atomic mass is 10.0. The van der Waals surface area contributed by atoms with E-state index in [1.807, 2.05) is 6.07 Å². The Morgan fingerprint density at radius 3 is 2.69 bits per heavy atom. The van der Waals surface area contributed by atoms with Crippen molar-refractivity contribution >= 4 is 18.6 Å². The lowest BCUT2D eigenvalue weighted by Crippen LogP contribution is -2.12. The summed E-state index contributed by atoms with van der Waals surface area (Å²) in [4.78, 5) is 15.7. The highest BCUT2D eigenvalue weighted by atomic mass is 32.1. The molecule has 0 atom stereocenters. The molecule has 0 aliphatic heterocycles. The van der Waals surface area contributed by atoms with Crippen molar-refractivity contribution in [2.45, 2.75) is 25.8 Å². The maximum Gasteiger partial charge on any atom is 0.340 e. The molecular weight excluding hydrogens is 224 g/mol. The van der Waals surface area contributed by atoms with Crippen LogP contribution in [0.25, 0.3) is 0 Å². The normalized spacial score (nSPS) is 9.62. The average Bonchev–Trinajstić information content (AvgIpc) is 2.17. The number of nitrogens with zero attached hydrogens (tertiary/aromatic N) is 2. The zero-order valence-corrected chi connectivity index (χ0v) is 10.1. The minimum Gasteiger partial charge on any atom is -0.759 e. The van der Waals surface area contributed by atoms with Gasteiger partial charge in [-0.2, -0.15) is 5.26 Å². The second kappa shape index (κ2) is 4.90.